The molecule has 0 aliphatic heterocycles. The molecule has 0 spiro atoms. The number of aliphatic hydroxyl groups excluding tert-OH is 1. The van der Waals surface area contributed by atoms with E-state index in [0.29, 0.717) is 18.0 Å². The highest BCUT2D eigenvalue weighted by Gasteiger charge is 2.31. The van der Waals surface area contributed by atoms with Gasteiger partial charge in [0.1, 0.15) is 0 Å². The van der Waals surface area contributed by atoms with Crippen molar-refractivity contribution in [2.24, 2.45) is 5.92 Å². The first kappa shape index (κ1) is 15.0. The molecule has 0 bridgehead atoms. The van der Waals surface area contributed by atoms with Gasteiger partial charge in [0.15, 0.2) is 0 Å². The number of amides is 1. The topological polar surface area (TPSA) is 40.5 Å². The lowest BCUT2D eigenvalue weighted by Crippen LogP contribution is -2.35. The third kappa shape index (κ3) is 3.60. The van der Waals surface area contributed by atoms with E-state index in [0.717, 1.165) is 12.8 Å². The second-order valence-corrected chi connectivity index (χ2v) is 6.92. The minimum absolute atomic E-state index is 0.0230. The summed E-state index contributed by atoms with van der Waals surface area (Å²) in [5, 5.41) is 9.91. The number of carbonyl (C=O) groups is 1. The van der Waals surface area contributed by atoms with Crippen LogP contribution in [0, 0.1) is 5.92 Å². The van der Waals surface area contributed by atoms with Gasteiger partial charge in [0.2, 0.25) is 0 Å². The summed E-state index contributed by atoms with van der Waals surface area (Å²) in [6.07, 6.45) is 1.80. The van der Waals surface area contributed by atoms with Crippen LogP contribution in [0.15, 0.2) is 24.3 Å². The van der Waals surface area contributed by atoms with Crippen molar-refractivity contribution in [3.05, 3.63) is 35.4 Å². The van der Waals surface area contributed by atoms with Gasteiger partial charge in [0.05, 0.1) is 6.10 Å². The van der Waals surface area contributed by atoms with E-state index in [2.05, 4.69) is 20.8 Å². The summed E-state index contributed by atoms with van der Waals surface area (Å²) >= 11 is 0. The SMILES string of the molecule is CN(CC(O)C1CC1)C(=O)c1ccc(C(C)(C)C)cc1. The van der Waals surface area contributed by atoms with Crippen LogP contribution in [0.25, 0.3) is 0 Å². The molecule has 3 nitrogen and oxygen atoms in total. The molecule has 1 saturated carbocycles. The van der Waals surface area contributed by atoms with E-state index in [1.165, 1.54) is 5.56 Å². The van der Waals surface area contributed by atoms with Gasteiger partial charge in [-0.25, -0.2) is 0 Å². The summed E-state index contributed by atoms with van der Waals surface area (Å²) in [4.78, 5) is 13.9. The molecule has 1 amide bonds. The Hall–Kier alpha value is -1.35. The van der Waals surface area contributed by atoms with Crippen molar-refractivity contribution in [2.45, 2.75) is 45.1 Å². The van der Waals surface area contributed by atoms with Crippen molar-refractivity contribution < 1.29 is 9.90 Å². The largest absolute Gasteiger partial charge is 0.391 e. The fourth-order valence-electron chi connectivity index (χ4n) is 2.33. The lowest BCUT2D eigenvalue weighted by molar-refractivity contribution is 0.0645. The van der Waals surface area contributed by atoms with Crippen molar-refractivity contribution >= 4 is 5.91 Å². The average Bonchev–Trinajstić information content (AvgIpc) is 3.21. The fraction of sp³-hybridized carbons (Fsp3) is 0.588. The van der Waals surface area contributed by atoms with Crippen molar-refractivity contribution in [3.63, 3.8) is 0 Å². The fourth-order valence-corrected chi connectivity index (χ4v) is 2.33. The summed E-state index contributed by atoms with van der Waals surface area (Å²) in [5.74, 6) is 0.374. The summed E-state index contributed by atoms with van der Waals surface area (Å²) in [6, 6.07) is 7.78. The van der Waals surface area contributed by atoms with E-state index in [4.69, 9.17) is 0 Å². The molecule has 0 aromatic heterocycles. The third-order valence-electron chi connectivity index (χ3n) is 3.97. The van der Waals surface area contributed by atoms with Gasteiger partial charge >= 0.3 is 0 Å². The van der Waals surface area contributed by atoms with Crippen LogP contribution in [-0.2, 0) is 5.41 Å². The Balaban J connectivity index is 2.01. The van der Waals surface area contributed by atoms with Gasteiger partial charge in [-0.05, 0) is 41.9 Å². The molecule has 20 heavy (non-hydrogen) atoms. The molecule has 0 heterocycles. The maximum Gasteiger partial charge on any atom is 0.253 e. The Kier molecular flexibility index (Phi) is 4.19. The number of aliphatic hydroxyl groups is 1. The lowest BCUT2D eigenvalue weighted by Gasteiger charge is -2.22. The molecule has 1 aliphatic rings. The summed E-state index contributed by atoms with van der Waals surface area (Å²) in [6.45, 7) is 6.89. The average molecular weight is 275 g/mol. The van der Waals surface area contributed by atoms with Crippen molar-refractivity contribution in [2.75, 3.05) is 13.6 Å². The number of nitrogens with zero attached hydrogens (tertiary/aromatic N) is 1. The first-order valence-corrected chi connectivity index (χ1v) is 7.33. The molecule has 1 aromatic rings. The predicted molar refractivity (Wildman–Crippen MR) is 80.8 cm³/mol. The molecule has 1 atom stereocenters. The van der Waals surface area contributed by atoms with E-state index in [-0.39, 0.29) is 17.4 Å². The molecule has 0 radical (unpaired) electrons. The van der Waals surface area contributed by atoms with E-state index >= 15 is 0 Å². The van der Waals surface area contributed by atoms with Crippen LogP contribution in [0.1, 0.15) is 49.5 Å². The van der Waals surface area contributed by atoms with E-state index < -0.39 is 0 Å². The molecular formula is C17H25NO2. The molecule has 1 N–H and O–H groups in total. The monoisotopic (exact) mass is 275 g/mol. The number of hydrogen-bond donors (Lipinski definition) is 1. The Bertz CT molecular complexity index is 469. The zero-order chi connectivity index (χ0) is 14.9. The van der Waals surface area contributed by atoms with Crippen LogP contribution in [0.4, 0.5) is 0 Å². The highest BCUT2D eigenvalue weighted by Crippen LogP contribution is 2.32. The number of carbonyl (C=O) groups excluding carboxylic acids is 1. The first-order valence-electron chi connectivity index (χ1n) is 7.33. The van der Waals surface area contributed by atoms with E-state index in [1.54, 1.807) is 11.9 Å². The maximum atomic E-state index is 12.3. The van der Waals surface area contributed by atoms with Crippen molar-refractivity contribution in [3.8, 4) is 0 Å². The van der Waals surface area contributed by atoms with Crippen LogP contribution < -0.4 is 0 Å². The third-order valence-corrected chi connectivity index (χ3v) is 3.97. The van der Waals surface area contributed by atoms with Gasteiger partial charge in [-0.1, -0.05) is 32.9 Å². The summed E-state index contributed by atoms with van der Waals surface area (Å²) in [7, 11) is 1.76. The van der Waals surface area contributed by atoms with Crippen LogP contribution in [0.3, 0.4) is 0 Å². The Morgan fingerprint density at radius 2 is 1.85 bits per heavy atom. The number of benzene rings is 1. The van der Waals surface area contributed by atoms with E-state index in [1.807, 2.05) is 24.3 Å². The molecule has 1 aromatic carbocycles. The van der Waals surface area contributed by atoms with E-state index in [9.17, 15) is 9.90 Å². The van der Waals surface area contributed by atoms with Crippen molar-refractivity contribution in [1.29, 1.82) is 0 Å². The van der Waals surface area contributed by atoms with Gasteiger partial charge in [-0.2, -0.15) is 0 Å². The highest BCUT2D eigenvalue weighted by atomic mass is 16.3. The first-order chi connectivity index (χ1) is 9.29. The molecule has 110 valence electrons. The van der Waals surface area contributed by atoms with Gasteiger partial charge in [-0.15, -0.1) is 0 Å². The van der Waals surface area contributed by atoms with Gasteiger partial charge in [0.25, 0.3) is 5.91 Å². The molecule has 1 unspecified atom stereocenters. The number of likely N-dealkylation sites (N-methyl/N-ethyl adjacent to an activating group) is 1. The molecule has 3 heteroatoms. The highest BCUT2D eigenvalue weighted by molar-refractivity contribution is 5.94. The standard InChI is InChI=1S/C17H25NO2/c1-17(2,3)14-9-7-13(8-10-14)16(20)18(4)11-15(19)12-5-6-12/h7-10,12,15,19H,5-6,11H2,1-4H3. The minimum Gasteiger partial charge on any atom is -0.391 e. The van der Waals surface area contributed by atoms with Gasteiger partial charge < -0.3 is 10.0 Å². The molecule has 2 rings (SSSR count). The normalized spacial score (nSPS) is 16.9. The molecular weight excluding hydrogens is 250 g/mol. The predicted octanol–water partition coefficient (Wildman–Crippen LogP) is 2.83. The maximum absolute atomic E-state index is 12.3. The van der Waals surface area contributed by atoms with Crippen LogP contribution >= 0.6 is 0 Å². The second kappa shape index (κ2) is 5.57. The van der Waals surface area contributed by atoms with Gasteiger partial charge in [0, 0.05) is 19.2 Å². The minimum atomic E-state index is -0.377. The summed E-state index contributed by atoms with van der Waals surface area (Å²) < 4.78 is 0. The number of rotatable bonds is 4. The van der Waals surface area contributed by atoms with Crippen LogP contribution in [0.5, 0.6) is 0 Å². The summed E-state index contributed by atoms with van der Waals surface area (Å²) in [5.41, 5.74) is 1.99. The zero-order valence-electron chi connectivity index (χ0n) is 12.9. The Labute approximate surface area is 121 Å². The molecule has 1 fully saturated rings. The van der Waals surface area contributed by atoms with Crippen LogP contribution in [-0.4, -0.2) is 35.6 Å². The quantitative estimate of drug-likeness (QED) is 0.918. The van der Waals surface area contributed by atoms with Gasteiger partial charge in [-0.3, -0.25) is 4.79 Å². The Morgan fingerprint density at radius 1 is 1.30 bits per heavy atom. The lowest BCUT2D eigenvalue weighted by atomic mass is 9.86. The second-order valence-electron chi connectivity index (χ2n) is 6.92. The zero-order valence-corrected chi connectivity index (χ0v) is 12.9. The van der Waals surface area contributed by atoms with Crippen LogP contribution in [0.2, 0.25) is 0 Å². The molecule has 1 aliphatic carbocycles. The Morgan fingerprint density at radius 3 is 2.30 bits per heavy atom. The number of hydrogen-bond acceptors (Lipinski definition) is 2. The van der Waals surface area contributed by atoms with Crippen molar-refractivity contribution in [1.82, 2.24) is 4.90 Å². The smallest absolute Gasteiger partial charge is 0.253 e. The molecule has 0 saturated heterocycles.